The van der Waals surface area contributed by atoms with Crippen LogP contribution in [0.1, 0.15) is 12.6 Å². The van der Waals surface area contributed by atoms with Gasteiger partial charge in [0.25, 0.3) is 5.56 Å². The largest absolute Gasteiger partial charge is 0.490 e. The van der Waals surface area contributed by atoms with E-state index in [9.17, 15) is 47.7 Å². The van der Waals surface area contributed by atoms with Crippen LogP contribution in [0.15, 0.2) is 34.5 Å². The van der Waals surface area contributed by atoms with Crippen molar-refractivity contribution in [2.24, 2.45) is 0 Å². The average molecular weight is 558 g/mol. The van der Waals surface area contributed by atoms with Gasteiger partial charge in [-0.25, -0.2) is 22.9 Å². The Morgan fingerprint density at radius 3 is 2.26 bits per heavy atom. The molecule has 34 heavy (non-hydrogen) atoms. The highest BCUT2D eigenvalue weighted by Crippen LogP contribution is 2.66. The number of hydrogen-bond donors (Lipinski definition) is 7. The first kappa shape index (κ1) is 30.7. The Kier molecular flexibility index (Phi) is 10.9. The summed E-state index contributed by atoms with van der Waals surface area (Å²) in [4.78, 5) is 60.9. The van der Waals surface area contributed by atoms with Crippen molar-refractivity contribution in [3.63, 3.8) is 0 Å². The third-order valence-electron chi connectivity index (χ3n) is 3.80. The Morgan fingerprint density at radius 1 is 1.18 bits per heavy atom. The van der Waals surface area contributed by atoms with Crippen LogP contribution >= 0.6 is 23.5 Å². The van der Waals surface area contributed by atoms with Crippen LogP contribution in [0, 0.1) is 0 Å². The number of aliphatic hydroxyl groups is 2. The molecule has 0 aliphatic heterocycles. The number of aromatic amines is 1. The predicted molar refractivity (Wildman–Crippen MR) is 108 cm³/mol. The number of nitrogens with zero attached hydrogens (tertiary/aromatic N) is 1. The number of aromatic nitrogens is 2. The van der Waals surface area contributed by atoms with E-state index in [2.05, 4.69) is 19.7 Å². The lowest BCUT2D eigenvalue weighted by Gasteiger charge is -2.38. The van der Waals surface area contributed by atoms with Crippen LogP contribution < -0.4 is 11.2 Å². The lowest BCUT2D eigenvalue weighted by molar-refractivity contribution is -0.210. The number of rotatable bonds is 15. The molecule has 0 saturated carbocycles. The molecule has 0 spiro atoms. The molecule has 0 radical (unpaired) electrons. The lowest BCUT2D eigenvalue weighted by atomic mass is 9.96. The molecular formula is C13H22FN2O15P3. The normalized spacial score (nSPS) is 19.4. The van der Waals surface area contributed by atoms with E-state index in [0.717, 1.165) is 18.3 Å². The van der Waals surface area contributed by atoms with Gasteiger partial charge in [0.1, 0.15) is 12.3 Å². The SMILES string of the molecule is C=CC[C@H](O)[C@@](CF)(COP(=O)(O)OP(=O)(O)OP(=O)(O)O)O[C@H](CO)n1ccc(=O)[nH]c1=O. The van der Waals surface area contributed by atoms with Crippen molar-refractivity contribution in [2.45, 2.75) is 24.4 Å². The Morgan fingerprint density at radius 2 is 1.79 bits per heavy atom. The zero-order valence-electron chi connectivity index (χ0n) is 16.9. The predicted octanol–water partition coefficient (Wildman–Crippen LogP) is -0.967. The van der Waals surface area contributed by atoms with E-state index in [1.54, 1.807) is 0 Å². The number of phosphoric acid groups is 3. The number of ether oxygens (including phenoxy) is 1. The Bertz CT molecular complexity index is 1100. The zero-order valence-corrected chi connectivity index (χ0v) is 19.6. The number of phosphoric ester groups is 1. The fraction of sp³-hybridized carbons (Fsp3) is 0.538. The molecule has 7 N–H and O–H groups in total. The first-order chi connectivity index (χ1) is 15.5. The number of hydrogen-bond acceptors (Lipinski definition) is 11. The van der Waals surface area contributed by atoms with E-state index in [0.29, 0.717) is 4.57 Å². The second-order valence-corrected chi connectivity index (χ2v) is 10.8. The minimum atomic E-state index is -5.89. The summed E-state index contributed by atoms with van der Waals surface area (Å²) < 4.78 is 65.5. The highest BCUT2D eigenvalue weighted by molar-refractivity contribution is 7.66. The summed E-state index contributed by atoms with van der Waals surface area (Å²) in [6.45, 7) is -0.906. The van der Waals surface area contributed by atoms with E-state index >= 15 is 0 Å². The Labute approximate surface area is 189 Å². The number of halogens is 1. The van der Waals surface area contributed by atoms with Gasteiger partial charge in [0.15, 0.2) is 6.23 Å². The molecule has 196 valence electrons. The number of aliphatic hydroxyl groups excluding tert-OH is 2. The summed E-state index contributed by atoms with van der Waals surface area (Å²) in [5.74, 6) is 0. The van der Waals surface area contributed by atoms with Gasteiger partial charge >= 0.3 is 29.2 Å². The van der Waals surface area contributed by atoms with Gasteiger partial charge in [-0.15, -0.1) is 6.58 Å². The van der Waals surface area contributed by atoms with Gasteiger partial charge in [0, 0.05) is 12.3 Å². The molecule has 0 saturated heterocycles. The van der Waals surface area contributed by atoms with Crippen LogP contribution in [0.3, 0.4) is 0 Å². The monoisotopic (exact) mass is 558 g/mol. The first-order valence-electron chi connectivity index (χ1n) is 8.73. The molecule has 0 bridgehead atoms. The summed E-state index contributed by atoms with van der Waals surface area (Å²) in [7, 11) is -17.3. The maximum atomic E-state index is 14.1. The molecule has 1 aromatic rings. The third-order valence-corrected chi connectivity index (χ3v) is 7.58. The van der Waals surface area contributed by atoms with Crippen LogP contribution in [0.4, 0.5) is 4.39 Å². The Balaban J connectivity index is 3.25. The van der Waals surface area contributed by atoms with Crippen LogP contribution in [0.25, 0.3) is 0 Å². The van der Waals surface area contributed by atoms with Crippen LogP contribution in [-0.2, 0) is 31.6 Å². The van der Waals surface area contributed by atoms with Crippen molar-refractivity contribution >= 4 is 23.5 Å². The number of alkyl halides is 1. The molecular weight excluding hydrogens is 536 g/mol. The molecule has 0 aromatic carbocycles. The zero-order chi connectivity index (χ0) is 26.4. The topological polar surface area (TPSA) is 264 Å². The molecule has 1 heterocycles. The van der Waals surface area contributed by atoms with Gasteiger partial charge in [-0.1, -0.05) is 6.08 Å². The summed E-state index contributed by atoms with van der Waals surface area (Å²) >= 11 is 0. The van der Waals surface area contributed by atoms with Crippen LogP contribution in [0.2, 0.25) is 0 Å². The molecule has 2 unspecified atom stereocenters. The lowest BCUT2D eigenvalue weighted by Crippen LogP contribution is -2.53. The standard InChI is InChI=1S/C13H22FN2O15P3/c1-2-3-9(18)13(7-14,29-11(6-17)16-5-4-10(19)15-12(16)20)8-28-33(24,25)31-34(26,27)30-32(21,22)23/h2,4-5,9,11,17-18H,1,3,6-8H2,(H,24,25)(H,26,27)(H,15,19,20)(H2,21,22,23)/t9-,11+,13+/m0/s1. The van der Waals surface area contributed by atoms with E-state index in [1.165, 1.54) is 0 Å². The van der Waals surface area contributed by atoms with Crippen molar-refractivity contribution < 1.29 is 65.8 Å². The van der Waals surface area contributed by atoms with Gasteiger partial charge in [-0.05, 0) is 6.42 Å². The Hall–Kier alpha value is -1.36. The molecule has 0 aliphatic carbocycles. The maximum Gasteiger partial charge on any atom is 0.490 e. The summed E-state index contributed by atoms with van der Waals surface area (Å²) in [6, 6.07) is 0.844. The second kappa shape index (κ2) is 12.1. The minimum absolute atomic E-state index is 0.442. The van der Waals surface area contributed by atoms with Crippen molar-refractivity contribution in [1.29, 1.82) is 0 Å². The molecule has 0 aliphatic rings. The van der Waals surface area contributed by atoms with E-state index < -0.39 is 79.0 Å². The van der Waals surface area contributed by atoms with Gasteiger partial charge in [-0.3, -0.25) is 18.9 Å². The maximum absolute atomic E-state index is 14.1. The van der Waals surface area contributed by atoms with E-state index in [4.69, 9.17) is 14.5 Å². The number of nitrogens with one attached hydrogen (secondary N) is 1. The molecule has 1 aromatic heterocycles. The van der Waals surface area contributed by atoms with Crippen molar-refractivity contribution in [1.82, 2.24) is 9.55 Å². The highest BCUT2D eigenvalue weighted by Gasteiger charge is 2.46. The van der Waals surface area contributed by atoms with Crippen molar-refractivity contribution in [3.8, 4) is 0 Å². The van der Waals surface area contributed by atoms with Gasteiger partial charge < -0.3 is 34.5 Å². The number of H-pyrrole nitrogens is 1. The summed E-state index contributed by atoms with van der Waals surface area (Å²) in [5, 5.41) is 20.0. The fourth-order valence-corrected chi connectivity index (χ4v) is 5.42. The molecule has 1 rings (SSSR count). The van der Waals surface area contributed by atoms with Gasteiger partial charge in [0.05, 0.1) is 19.3 Å². The quantitative estimate of drug-likeness (QED) is 0.101. The molecule has 0 amide bonds. The molecule has 17 nitrogen and oxygen atoms in total. The van der Waals surface area contributed by atoms with Crippen LogP contribution in [0.5, 0.6) is 0 Å². The molecule has 0 fully saturated rings. The summed E-state index contributed by atoms with van der Waals surface area (Å²) in [5.41, 5.74) is -4.61. The smallest absolute Gasteiger partial charge is 0.392 e. The average Bonchev–Trinajstić information content (AvgIpc) is 2.66. The first-order valence-corrected chi connectivity index (χ1v) is 13.3. The van der Waals surface area contributed by atoms with Crippen molar-refractivity contribution in [2.75, 3.05) is 19.9 Å². The van der Waals surface area contributed by atoms with Crippen molar-refractivity contribution in [3.05, 3.63) is 45.8 Å². The van der Waals surface area contributed by atoms with Gasteiger partial charge in [-0.2, -0.15) is 8.62 Å². The molecule has 21 heteroatoms. The second-order valence-electron chi connectivity index (χ2n) is 6.38. The summed E-state index contributed by atoms with van der Waals surface area (Å²) in [6.07, 6.45) is -2.25. The third kappa shape index (κ3) is 9.36. The molecule has 5 atom stereocenters. The van der Waals surface area contributed by atoms with E-state index in [-0.39, 0.29) is 0 Å². The highest BCUT2D eigenvalue weighted by atomic mass is 31.3. The van der Waals surface area contributed by atoms with E-state index in [1.807, 2.05) is 4.98 Å². The fourth-order valence-electron chi connectivity index (χ4n) is 2.34. The van der Waals surface area contributed by atoms with Crippen LogP contribution in [-0.4, -0.2) is 70.9 Å². The van der Waals surface area contributed by atoms with Gasteiger partial charge in [0.2, 0.25) is 0 Å². The minimum Gasteiger partial charge on any atom is -0.392 e.